The van der Waals surface area contributed by atoms with Crippen molar-refractivity contribution in [2.45, 2.75) is 0 Å². The smallest absolute Gasteiger partial charge is 0.135 e. The SMILES string of the molecule is c1ccc(-n2c3ccccc3c3c(-n4c5cccc(c5)c5cccc(c5)n(-c5ccc6c7ccccc7n(-c7cccc8ccccc78)c6c5)c5ccc6oc7ccc4cc7c6c5)cccc32)cc1. The van der Waals surface area contributed by atoms with E-state index in [-0.39, 0.29) is 0 Å². The van der Waals surface area contributed by atoms with Crippen molar-refractivity contribution >= 4 is 109 Å². The van der Waals surface area contributed by atoms with Gasteiger partial charge in [0.05, 0.1) is 33.4 Å². The molecule has 11 aromatic carbocycles. The van der Waals surface area contributed by atoms with Crippen molar-refractivity contribution in [3.05, 3.63) is 243 Å². The highest BCUT2D eigenvalue weighted by Crippen LogP contribution is 2.40. The Bertz CT molecular complexity index is 4670. The van der Waals surface area contributed by atoms with Crippen molar-refractivity contribution in [3.8, 4) is 22.7 Å². The maximum absolute atomic E-state index is 6.68. The van der Waals surface area contributed by atoms with E-state index < -0.39 is 0 Å². The molecule has 15 rings (SSSR count). The molecular formula is C64H40N4O. The second-order valence-electron chi connectivity index (χ2n) is 18.1. The molecule has 0 spiro atoms. The van der Waals surface area contributed by atoms with Crippen molar-refractivity contribution in [1.82, 2.24) is 18.3 Å². The normalized spacial score (nSPS) is 12.1. The van der Waals surface area contributed by atoms with Crippen molar-refractivity contribution in [3.63, 3.8) is 0 Å². The molecule has 5 nitrogen and oxygen atoms in total. The highest BCUT2D eigenvalue weighted by Gasteiger charge is 2.19. The molecule has 0 fully saturated rings. The summed E-state index contributed by atoms with van der Waals surface area (Å²) in [6, 6.07) is 88.5. The Morgan fingerprint density at radius 3 is 1.55 bits per heavy atom. The Labute approximate surface area is 395 Å². The number of aromatic nitrogens is 4. The van der Waals surface area contributed by atoms with E-state index in [1.165, 1.54) is 43.4 Å². The third kappa shape index (κ3) is 5.65. The van der Waals surface area contributed by atoms with E-state index in [9.17, 15) is 0 Å². The van der Waals surface area contributed by atoms with Gasteiger partial charge in [-0.1, -0.05) is 127 Å². The van der Waals surface area contributed by atoms with Crippen LogP contribution in [-0.4, -0.2) is 18.3 Å². The number of fused-ring (bicyclic) bond motifs is 14. The summed E-state index contributed by atoms with van der Waals surface area (Å²) in [5, 5.41) is 11.6. The minimum atomic E-state index is 0.847. The van der Waals surface area contributed by atoms with Crippen LogP contribution in [0.5, 0.6) is 0 Å². The van der Waals surface area contributed by atoms with Crippen molar-refractivity contribution in [2.24, 2.45) is 0 Å². The lowest BCUT2D eigenvalue weighted by Gasteiger charge is -2.15. The van der Waals surface area contributed by atoms with Crippen molar-refractivity contribution < 1.29 is 4.42 Å². The fourth-order valence-corrected chi connectivity index (χ4v) is 11.4. The number of hydrogen-bond acceptors (Lipinski definition) is 1. The molecule has 69 heavy (non-hydrogen) atoms. The third-order valence-electron chi connectivity index (χ3n) is 14.3. The first-order valence-corrected chi connectivity index (χ1v) is 23.6. The van der Waals surface area contributed by atoms with Gasteiger partial charge in [0, 0.05) is 71.1 Å². The van der Waals surface area contributed by atoms with Crippen LogP contribution < -0.4 is 0 Å². The number of benzene rings is 11. The van der Waals surface area contributed by atoms with Gasteiger partial charge in [-0.25, -0.2) is 0 Å². The number of rotatable bonds is 4. The van der Waals surface area contributed by atoms with E-state index >= 15 is 0 Å². The Balaban J connectivity index is 1.05. The molecule has 5 heteroatoms. The molecule has 0 unspecified atom stereocenters. The molecule has 4 aromatic heterocycles. The molecule has 0 aliphatic carbocycles. The van der Waals surface area contributed by atoms with Crippen LogP contribution in [-0.2, 0) is 0 Å². The van der Waals surface area contributed by atoms with Gasteiger partial charge in [0.2, 0.25) is 0 Å². The molecule has 0 radical (unpaired) electrons. The molecule has 0 atom stereocenters. The number of furan rings is 1. The maximum atomic E-state index is 6.68. The van der Waals surface area contributed by atoms with Gasteiger partial charge < -0.3 is 22.7 Å². The van der Waals surface area contributed by atoms with Gasteiger partial charge in [-0.15, -0.1) is 0 Å². The van der Waals surface area contributed by atoms with Gasteiger partial charge >= 0.3 is 0 Å². The molecule has 0 N–H and O–H groups in total. The fraction of sp³-hybridized carbons (Fsp3) is 0. The summed E-state index contributed by atoms with van der Waals surface area (Å²) in [4.78, 5) is 0. The summed E-state index contributed by atoms with van der Waals surface area (Å²) in [5.74, 6) is 0. The van der Waals surface area contributed by atoms with Crippen molar-refractivity contribution in [2.75, 3.05) is 0 Å². The summed E-state index contributed by atoms with van der Waals surface area (Å²) in [6.07, 6.45) is 0. The predicted octanol–water partition coefficient (Wildman–Crippen LogP) is 17.1. The zero-order chi connectivity index (χ0) is 45.2. The van der Waals surface area contributed by atoms with E-state index in [0.29, 0.717) is 0 Å². The van der Waals surface area contributed by atoms with Crippen LogP contribution in [0.3, 0.4) is 0 Å². The zero-order valence-electron chi connectivity index (χ0n) is 37.3. The quantitative estimate of drug-likeness (QED) is 0.173. The largest absolute Gasteiger partial charge is 0.456 e. The molecule has 15 aromatic rings. The van der Waals surface area contributed by atoms with E-state index in [4.69, 9.17) is 4.42 Å². The van der Waals surface area contributed by atoms with Gasteiger partial charge in [-0.3, -0.25) is 0 Å². The average Bonchev–Trinajstić information content (AvgIpc) is 4.06. The van der Waals surface area contributed by atoms with E-state index in [1.54, 1.807) is 0 Å². The van der Waals surface area contributed by atoms with Gasteiger partial charge in [0.15, 0.2) is 0 Å². The third-order valence-corrected chi connectivity index (χ3v) is 14.3. The topological polar surface area (TPSA) is 32.9 Å². The van der Waals surface area contributed by atoms with Crippen LogP contribution in [0.1, 0.15) is 0 Å². The lowest BCUT2D eigenvalue weighted by Crippen LogP contribution is -1.99. The lowest BCUT2D eigenvalue weighted by atomic mass is 10.1. The Kier molecular flexibility index (Phi) is 8.00. The standard InChI is InChI=1S/C64H40N4O/c1-2-18-44(19-3-1)67-58-26-9-7-24-53(58)64-59(28-13-29-60(64)67)66-46-21-11-17-43(37-46)42-16-10-20-45(36-42)65(47-31-34-62-54(38-47)55-39-48(66)32-35-63(55)69-62)49-30-33-52-51-23-6-8-25-57(51)68(61(52)40-49)56-27-12-15-41-14-4-5-22-50(41)56/h1-40H. The Hall–Kier alpha value is -9.32. The second-order valence-corrected chi connectivity index (χ2v) is 18.1. The van der Waals surface area contributed by atoms with Gasteiger partial charge in [0.25, 0.3) is 0 Å². The monoisotopic (exact) mass is 880 g/mol. The first-order valence-electron chi connectivity index (χ1n) is 23.6. The number of para-hydroxylation sites is 3. The molecule has 4 heterocycles. The average molecular weight is 881 g/mol. The van der Waals surface area contributed by atoms with E-state index in [0.717, 1.165) is 88.6 Å². The first-order chi connectivity index (χ1) is 34.2. The molecule has 0 aliphatic heterocycles. The van der Waals surface area contributed by atoms with Crippen LogP contribution in [0.15, 0.2) is 247 Å². The Morgan fingerprint density at radius 2 is 0.783 bits per heavy atom. The van der Waals surface area contributed by atoms with Crippen molar-refractivity contribution in [1.29, 1.82) is 0 Å². The zero-order valence-corrected chi connectivity index (χ0v) is 37.3. The summed E-state index contributed by atoms with van der Waals surface area (Å²) in [7, 11) is 0. The molecule has 0 saturated carbocycles. The van der Waals surface area contributed by atoms with Crippen LogP contribution in [0, 0.1) is 0 Å². The van der Waals surface area contributed by atoms with E-state index in [1.807, 2.05) is 0 Å². The number of hydrogen-bond donors (Lipinski definition) is 0. The number of nitrogens with zero attached hydrogens (tertiary/aromatic N) is 4. The maximum Gasteiger partial charge on any atom is 0.135 e. The Morgan fingerprint density at radius 1 is 0.246 bits per heavy atom. The van der Waals surface area contributed by atoms with Crippen LogP contribution in [0.4, 0.5) is 0 Å². The summed E-state index contributed by atoms with van der Waals surface area (Å²) in [6.45, 7) is 0. The highest BCUT2D eigenvalue weighted by atomic mass is 16.3. The highest BCUT2D eigenvalue weighted by molar-refractivity contribution is 6.15. The minimum Gasteiger partial charge on any atom is -0.456 e. The molecule has 322 valence electrons. The van der Waals surface area contributed by atoms with Gasteiger partial charge in [0.1, 0.15) is 11.2 Å². The van der Waals surface area contributed by atoms with Gasteiger partial charge in [-0.2, -0.15) is 0 Å². The molecule has 0 amide bonds. The summed E-state index contributed by atoms with van der Waals surface area (Å²) in [5.41, 5.74) is 15.0. The molecule has 0 aliphatic rings. The fourth-order valence-electron chi connectivity index (χ4n) is 11.4. The van der Waals surface area contributed by atoms with Crippen LogP contribution in [0.25, 0.3) is 132 Å². The van der Waals surface area contributed by atoms with E-state index in [2.05, 4.69) is 261 Å². The van der Waals surface area contributed by atoms with Crippen LogP contribution in [0.2, 0.25) is 0 Å². The molecule has 8 bridgehead atoms. The minimum absolute atomic E-state index is 0.847. The lowest BCUT2D eigenvalue weighted by molar-refractivity contribution is 0.669. The first kappa shape index (κ1) is 37.9. The predicted molar refractivity (Wildman–Crippen MR) is 289 cm³/mol. The van der Waals surface area contributed by atoms with Gasteiger partial charge in [-0.05, 0) is 131 Å². The molecular weight excluding hydrogens is 841 g/mol. The second kappa shape index (κ2) is 14.6. The van der Waals surface area contributed by atoms with Crippen LogP contribution >= 0.6 is 0 Å². The summed E-state index contributed by atoms with van der Waals surface area (Å²) >= 11 is 0. The summed E-state index contributed by atoms with van der Waals surface area (Å²) < 4.78 is 16.4. The molecule has 0 saturated heterocycles.